The molecule has 8 heteroatoms. The highest BCUT2D eigenvalue weighted by Crippen LogP contribution is 2.48. The van der Waals surface area contributed by atoms with Crippen LogP contribution in [-0.2, 0) is 28.5 Å². The van der Waals surface area contributed by atoms with E-state index >= 15 is 0 Å². The van der Waals surface area contributed by atoms with Crippen molar-refractivity contribution in [2.75, 3.05) is 6.61 Å². The molecule has 146 valence electrons. The maximum absolute atomic E-state index is 11.5. The number of carbonyl (C=O) groups excluding carboxylic acids is 1. The van der Waals surface area contributed by atoms with Crippen LogP contribution in [0.4, 0.5) is 0 Å². The molecular weight excluding hydrogens is 330 g/mol. The van der Waals surface area contributed by atoms with E-state index in [9.17, 15) is 9.90 Å². The van der Waals surface area contributed by atoms with Crippen LogP contribution < -0.4 is 10.8 Å². The highest BCUT2D eigenvalue weighted by molar-refractivity contribution is 5.75. The van der Waals surface area contributed by atoms with E-state index in [0.717, 1.165) is 5.92 Å². The summed E-state index contributed by atoms with van der Waals surface area (Å²) in [5.41, 5.74) is 3.84. The van der Waals surface area contributed by atoms with Gasteiger partial charge in [-0.15, -0.1) is 0 Å². The average Bonchev–Trinajstić information content (AvgIpc) is 2.87. The molecule has 0 aromatic heterocycles. The lowest BCUT2D eigenvalue weighted by Gasteiger charge is -2.38. The summed E-state index contributed by atoms with van der Waals surface area (Å²) in [6.07, 6.45) is -1.99. The van der Waals surface area contributed by atoms with Crippen LogP contribution in [0.15, 0.2) is 0 Å². The number of aliphatic carboxylic acids is 1. The molecule has 3 rings (SSSR count). The molecule has 3 aliphatic heterocycles. The summed E-state index contributed by atoms with van der Waals surface area (Å²) < 4.78 is 27.8. The number of hydrogen-bond donors (Lipinski definition) is 1. The van der Waals surface area contributed by atoms with Gasteiger partial charge in [-0.25, -0.2) is 0 Å². The molecule has 0 amide bonds. The monoisotopic (exact) mass is 361 g/mol. The Morgan fingerprint density at radius 1 is 1.08 bits per heavy atom. The van der Waals surface area contributed by atoms with Gasteiger partial charge in [-0.2, -0.15) is 0 Å². The first-order valence-electron chi connectivity index (χ1n) is 8.72. The Bertz CT molecular complexity index is 499. The van der Waals surface area contributed by atoms with Crippen molar-refractivity contribution < 1.29 is 39.3 Å². The maximum atomic E-state index is 11.5. The Balaban J connectivity index is 0.000000326. The summed E-state index contributed by atoms with van der Waals surface area (Å²) in [7, 11) is 0. The molecule has 3 N–H and O–H groups in total. The minimum Gasteiger partial charge on any atom is -0.544 e. The SMILES string of the molecule is CC(C)[C@@H](C)[NH3+].CC1(C)OC[C@@H]2O[C@@]3(C(=O)[O-])OC(C)(C)O[C@H]3[C@@H]2O1. The maximum Gasteiger partial charge on any atom is 0.242 e. The first kappa shape index (κ1) is 20.5. The number of fused-ring (bicyclic) bond motifs is 3. The van der Waals surface area contributed by atoms with Gasteiger partial charge in [-0.3, -0.25) is 0 Å². The summed E-state index contributed by atoms with van der Waals surface area (Å²) >= 11 is 0. The van der Waals surface area contributed by atoms with Gasteiger partial charge in [0.1, 0.15) is 24.3 Å². The van der Waals surface area contributed by atoms with E-state index in [1.807, 2.05) is 0 Å². The molecule has 0 bridgehead atoms. The Kier molecular flexibility index (Phi) is 5.55. The smallest absolute Gasteiger partial charge is 0.242 e. The standard InChI is InChI=1S/C12H18O7.C5H13N/c1-10(2)15-5-6-7(17-10)8-12(16-6,9(13)14)19-11(3,4)18-8;1-4(2)5(3)6/h6-8H,5H2,1-4H3,(H,13,14);4-5H,6H2,1-3H3/t6-,7+,8-,12+;5-/m01/s1. The third-order valence-corrected chi connectivity index (χ3v) is 4.61. The van der Waals surface area contributed by atoms with Gasteiger partial charge in [0.05, 0.1) is 12.6 Å². The van der Waals surface area contributed by atoms with E-state index in [1.54, 1.807) is 27.7 Å². The van der Waals surface area contributed by atoms with Gasteiger partial charge in [0.25, 0.3) is 0 Å². The van der Waals surface area contributed by atoms with E-state index in [2.05, 4.69) is 26.5 Å². The van der Waals surface area contributed by atoms with Gasteiger partial charge in [0.2, 0.25) is 5.79 Å². The quantitative estimate of drug-likeness (QED) is 0.699. The number of quaternary nitrogens is 1. The average molecular weight is 361 g/mol. The minimum atomic E-state index is -1.93. The van der Waals surface area contributed by atoms with Gasteiger partial charge >= 0.3 is 0 Å². The van der Waals surface area contributed by atoms with Crippen LogP contribution >= 0.6 is 0 Å². The number of carboxylic acids is 1. The lowest BCUT2D eigenvalue weighted by molar-refractivity contribution is -0.424. The van der Waals surface area contributed by atoms with E-state index in [1.165, 1.54) is 0 Å². The molecular formula is C17H31NO7. The predicted octanol–water partition coefficient (Wildman–Crippen LogP) is -0.593. The normalized spacial score (nSPS) is 39.2. The molecule has 3 aliphatic rings. The van der Waals surface area contributed by atoms with Crippen LogP contribution in [0.1, 0.15) is 48.5 Å². The van der Waals surface area contributed by atoms with Crippen molar-refractivity contribution in [3.05, 3.63) is 0 Å². The van der Waals surface area contributed by atoms with Crippen molar-refractivity contribution in [3.63, 3.8) is 0 Å². The zero-order valence-electron chi connectivity index (χ0n) is 16.2. The number of rotatable bonds is 2. The van der Waals surface area contributed by atoms with Crippen molar-refractivity contribution in [1.82, 2.24) is 0 Å². The number of carboxylic acid groups (broad SMARTS) is 1. The van der Waals surface area contributed by atoms with E-state index in [-0.39, 0.29) is 6.61 Å². The van der Waals surface area contributed by atoms with Crippen LogP contribution in [0.5, 0.6) is 0 Å². The number of carbonyl (C=O) groups is 1. The highest BCUT2D eigenvalue weighted by atomic mass is 16.9. The number of ether oxygens (including phenoxy) is 5. The Morgan fingerprint density at radius 2 is 1.64 bits per heavy atom. The minimum absolute atomic E-state index is 0.219. The molecule has 5 atom stereocenters. The molecule has 3 fully saturated rings. The second-order valence-corrected chi connectivity index (χ2v) is 8.17. The van der Waals surface area contributed by atoms with Crippen LogP contribution in [0.2, 0.25) is 0 Å². The highest BCUT2D eigenvalue weighted by Gasteiger charge is 2.68. The van der Waals surface area contributed by atoms with Crippen LogP contribution in [0.25, 0.3) is 0 Å². The lowest BCUT2D eigenvalue weighted by Crippen LogP contribution is -2.61. The summed E-state index contributed by atoms with van der Waals surface area (Å²) in [6.45, 7) is 13.5. The van der Waals surface area contributed by atoms with E-state index in [4.69, 9.17) is 23.7 Å². The van der Waals surface area contributed by atoms with Crippen molar-refractivity contribution >= 4 is 5.97 Å². The Labute approximate surface area is 148 Å². The molecule has 0 aliphatic carbocycles. The van der Waals surface area contributed by atoms with Crippen molar-refractivity contribution in [1.29, 1.82) is 0 Å². The Morgan fingerprint density at radius 3 is 2.12 bits per heavy atom. The van der Waals surface area contributed by atoms with Crippen LogP contribution in [-0.4, -0.2) is 54.3 Å². The molecule has 0 unspecified atom stereocenters. The molecule has 0 aromatic rings. The van der Waals surface area contributed by atoms with Gasteiger partial charge in [0.15, 0.2) is 11.6 Å². The molecule has 0 radical (unpaired) electrons. The van der Waals surface area contributed by atoms with Gasteiger partial charge in [-0.05, 0) is 34.6 Å². The fraction of sp³-hybridized carbons (Fsp3) is 0.941. The van der Waals surface area contributed by atoms with Crippen molar-refractivity contribution in [2.45, 2.75) is 90.2 Å². The van der Waals surface area contributed by atoms with Crippen molar-refractivity contribution in [3.8, 4) is 0 Å². The largest absolute Gasteiger partial charge is 0.544 e. The zero-order valence-corrected chi connectivity index (χ0v) is 16.2. The third-order valence-electron chi connectivity index (χ3n) is 4.61. The molecule has 0 aromatic carbocycles. The summed E-state index contributed by atoms with van der Waals surface area (Å²) in [5.74, 6) is -4.53. The van der Waals surface area contributed by atoms with Crippen molar-refractivity contribution in [2.24, 2.45) is 5.92 Å². The molecule has 8 nitrogen and oxygen atoms in total. The topological polar surface area (TPSA) is 114 Å². The third kappa shape index (κ3) is 4.15. The first-order chi connectivity index (χ1) is 11.3. The van der Waals surface area contributed by atoms with E-state index in [0.29, 0.717) is 6.04 Å². The van der Waals surface area contributed by atoms with Crippen LogP contribution in [0, 0.1) is 5.92 Å². The molecule has 25 heavy (non-hydrogen) atoms. The van der Waals surface area contributed by atoms with Crippen LogP contribution in [0.3, 0.4) is 0 Å². The molecule has 0 spiro atoms. The van der Waals surface area contributed by atoms with Gasteiger partial charge < -0.3 is 39.3 Å². The summed E-state index contributed by atoms with van der Waals surface area (Å²) in [6, 6.07) is 0.602. The Hall–Kier alpha value is -0.770. The predicted molar refractivity (Wildman–Crippen MR) is 84.7 cm³/mol. The fourth-order valence-corrected chi connectivity index (χ4v) is 2.81. The van der Waals surface area contributed by atoms with Gasteiger partial charge in [0, 0.05) is 5.92 Å². The second kappa shape index (κ2) is 6.75. The molecule has 3 heterocycles. The molecule has 3 saturated heterocycles. The fourth-order valence-electron chi connectivity index (χ4n) is 2.81. The van der Waals surface area contributed by atoms with E-state index < -0.39 is 41.6 Å². The summed E-state index contributed by atoms with van der Waals surface area (Å²) in [4.78, 5) is 11.5. The number of hydrogen-bond acceptors (Lipinski definition) is 7. The summed E-state index contributed by atoms with van der Waals surface area (Å²) in [5, 5.41) is 11.5. The zero-order chi connectivity index (χ0) is 19.2. The van der Waals surface area contributed by atoms with Gasteiger partial charge in [-0.1, -0.05) is 13.8 Å². The molecule has 0 saturated carbocycles. The lowest BCUT2D eigenvalue weighted by atomic mass is 10.0. The first-order valence-corrected chi connectivity index (χ1v) is 8.72. The second-order valence-electron chi connectivity index (χ2n) is 8.17.